The van der Waals surface area contributed by atoms with Gasteiger partial charge in [-0.05, 0) is 53.7 Å². The fourth-order valence-electron chi connectivity index (χ4n) is 2.30. The number of thioether (sulfide) groups is 1. The average molecular weight is 384 g/mol. The second-order valence-corrected chi connectivity index (χ2v) is 6.51. The number of benzene rings is 2. The molecule has 0 N–H and O–H groups in total. The van der Waals surface area contributed by atoms with Crippen LogP contribution >= 0.6 is 23.4 Å². The third-order valence-electron chi connectivity index (χ3n) is 3.43. The summed E-state index contributed by atoms with van der Waals surface area (Å²) in [4.78, 5) is 25.4. The molecule has 1 fully saturated rings. The van der Waals surface area contributed by atoms with Gasteiger partial charge in [0.1, 0.15) is 0 Å². The normalized spacial score (nSPS) is 16.8. The molecule has 3 nitrogen and oxygen atoms in total. The molecule has 1 heterocycles. The van der Waals surface area contributed by atoms with Gasteiger partial charge in [0.25, 0.3) is 11.1 Å². The Hall–Kier alpha value is -2.25. The minimum Gasteiger partial charge on any atom is -0.268 e. The van der Waals surface area contributed by atoms with Gasteiger partial charge < -0.3 is 0 Å². The highest BCUT2D eigenvalue weighted by molar-refractivity contribution is 8.19. The van der Waals surface area contributed by atoms with E-state index < -0.39 is 22.9 Å². The van der Waals surface area contributed by atoms with Gasteiger partial charge in [0.05, 0.1) is 16.2 Å². The number of amides is 2. The fraction of sp³-hybridized carbons (Fsp3) is 0.0588. The van der Waals surface area contributed by atoms with Crippen LogP contribution in [0, 0.1) is 0 Å². The van der Waals surface area contributed by atoms with Gasteiger partial charge in [0.15, 0.2) is 0 Å². The van der Waals surface area contributed by atoms with Crippen LogP contribution in [0.5, 0.6) is 0 Å². The van der Waals surface area contributed by atoms with Crippen molar-refractivity contribution in [1.29, 1.82) is 0 Å². The molecule has 0 aliphatic carbocycles. The minimum atomic E-state index is -4.56. The second kappa shape index (κ2) is 6.57. The fourth-order valence-corrected chi connectivity index (χ4v) is 3.26. The molecule has 2 amide bonds. The van der Waals surface area contributed by atoms with E-state index in [4.69, 9.17) is 11.6 Å². The van der Waals surface area contributed by atoms with Crippen molar-refractivity contribution in [3.63, 3.8) is 0 Å². The van der Waals surface area contributed by atoms with Gasteiger partial charge in [0, 0.05) is 5.02 Å². The lowest BCUT2D eigenvalue weighted by molar-refractivity contribution is -0.137. The third kappa shape index (κ3) is 3.57. The molecule has 0 bridgehead atoms. The first-order valence-corrected chi connectivity index (χ1v) is 8.16. The summed E-state index contributed by atoms with van der Waals surface area (Å²) in [5.41, 5.74) is -0.732. The molecule has 128 valence electrons. The van der Waals surface area contributed by atoms with Crippen molar-refractivity contribution in [2.45, 2.75) is 6.18 Å². The molecule has 2 aromatic carbocycles. The molecular weight excluding hydrogens is 375 g/mol. The number of alkyl halides is 3. The maximum Gasteiger partial charge on any atom is 0.416 e. The molecule has 2 aromatic rings. The van der Waals surface area contributed by atoms with Crippen molar-refractivity contribution in [3.8, 4) is 0 Å². The molecule has 0 aromatic heterocycles. The Bertz CT molecular complexity index is 878. The van der Waals surface area contributed by atoms with E-state index in [1.54, 1.807) is 0 Å². The number of hydrogen-bond donors (Lipinski definition) is 0. The number of carbonyl (C=O) groups is 2. The zero-order valence-electron chi connectivity index (χ0n) is 12.4. The largest absolute Gasteiger partial charge is 0.416 e. The summed E-state index contributed by atoms with van der Waals surface area (Å²) in [6.45, 7) is 0. The van der Waals surface area contributed by atoms with Crippen molar-refractivity contribution < 1.29 is 22.8 Å². The van der Waals surface area contributed by atoms with Crippen molar-refractivity contribution in [2.75, 3.05) is 4.90 Å². The van der Waals surface area contributed by atoms with Crippen LogP contribution in [-0.4, -0.2) is 11.1 Å². The third-order valence-corrected chi connectivity index (χ3v) is 4.55. The van der Waals surface area contributed by atoms with Crippen molar-refractivity contribution >= 4 is 46.3 Å². The van der Waals surface area contributed by atoms with Gasteiger partial charge in [-0.1, -0.05) is 29.8 Å². The maximum atomic E-state index is 13.1. The van der Waals surface area contributed by atoms with E-state index in [1.165, 1.54) is 42.5 Å². The summed E-state index contributed by atoms with van der Waals surface area (Å²) in [6, 6.07) is 10.9. The van der Waals surface area contributed by atoms with E-state index in [9.17, 15) is 22.8 Å². The number of imide groups is 1. The first kappa shape index (κ1) is 17.6. The first-order valence-electron chi connectivity index (χ1n) is 6.97. The number of carbonyl (C=O) groups excluding carboxylic acids is 2. The number of hydrogen-bond acceptors (Lipinski definition) is 3. The van der Waals surface area contributed by atoms with Gasteiger partial charge in [-0.25, -0.2) is 4.90 Å². The molecule has 25 heavy (non-hydrogen) atoms. The van der Waals surface area contributed by atoms with Crippen LogP contribution in [0.15, 0.2) is 53.4 Å². The van der Waals surface area contributed by atoms with Crippen molar-refractivity contribution in [2.24, 2.45) is 0 Å². The topological polar surface area (TPSA) is 37.4 Å². The number of rotatable bonds is 2. The lowest BCUT2D eigenvalue weighted by Crippen LogP contribution is -2.27. The van der Waals surface area contributed by atoms with Gasteiger partial charge in [-0.15, -0.1) is 0 Å². The van der Waals surface area contributed by atoms with Crippen molar-refractivity contribution in [3.05, 3.63) is 69.6 Å². The zero-order chi connectivity index (χ0) is 18.2. The molecule has 1 aliphatic heterocycles. The predicted molar refractivity (Wildman–Crippen MR) is 91.3 cm³/mol. The summed E-state index contributed by atoms with van der Waals surface area (Å²) in [6.07, 6.45) is -3.47. The highest BCUT2D eigenvalue weighted by Gasteiger charge is 2.37. The second-order valence-electron chi connectivity index (χ2n) is 5.08. The minimum absolute atomic E-state index is 0.0725. The average Bonchev–Trinajstić information content (AvgIpc) is 2.82. The molecular formula is C17H9ClF3NO2S. The Morgan fingerprint density at radius 3 is 2.28 bits per heavy atom. The van der Waals surface area contributed by atoms with Crippen molar-refractivity contribution in [1.82, 2.24) is 0 Å². The summed E-state index contributed by atoms with van der Waals surface area (Å²) < 4.78 is 39.2. The van der Waals surface area contributed by atoms with Crippen LogP contribution in [0.1, 0.15) is 11.1 Å². The predicted octanol–water partition coefficient (Wildman–Crippen LogP) is 5.60. The Morgan fingerprint density at radius 2 is 1.64 bits per heavy atom. The molecule has 0 saturated carbocycles. The van der Waals surface area contributed by atoms with Crippen LogP contribution in [0.25, 0.3) is 6.08 Å². The Kier molecular flexibility index (Phi) is 4.62. The molecule has 0 atom stereocenters. The van der Waals surface area contributed by atoms with Crippen LogP contribution in [0.2, 0.25) is 5.02 Å². The van der Waals surface area contributed by atoms with Crippen LogP contribution in [0.3, 0.4) is 0 Å². The highest BCUT2D eigenvalue weighted by Crippen LogP contribution is 2.38. The summed E-state index contributed by atoms with van der Waals surface area (Å²) in [7, 11) is 0. The molecule has 0 spiro atoms. The van der Waals surface area contributed by atoms with E-state index in [-0.39, 0.29) is 10.5 Å². The van der Waals surface area contributed by atoms with E-state index in [0.717, 1.165) is 17.0 Å². The lowest BCUT2D eigenvalue weighted by atomic mass is 10.1. The Balaban J connectivity index is 1.98. The van der Waals surface area contributed by atoms with Gasteiger partial charge in [-0.3, -0.25) is 9.59 Å². The van der Waals surface area contributed by atoms with Gasteiger partial charge >= 0.3 is 6.18 Å². The van der Waals surface area contributed by atoms with Crippen LogP contribution in [0.4, 0.5) is 23.7 Å². The van der Waals surface area contributed by atoms with Gasteiger partial charge in [-0.2, -0.15) is 13.2 Å². The Labute approximate surface area is 150 Å². The molecule has 1 aliphatic rings. The zero-order valence-corrected chi connectivity index (χ0v) is 14.0. The van der Waals surface area contributed by atoms with Gasteiger partial charge in [0.2, 0.25) is 0 Å². The molecule has 0 unspecified atom stereocenters. The first-order chi connectivity index (χ1) is 11.8. The monoisotopic (exact) mass is 383 g/mol. The summed E-state index contributed by atoms with van der Waals surface area (Å²) in [5, 5.41) is -0.145. The lowest BCUT2D eigenvalue weighted by Gasteiger charge is -2.12. The summed E-state index contributed by atoms with van der Waals surface area (Å²) >= 11 is 6.37. The SMILES string of the molecule is O=C1S/C(=C\c2ccccc2C(F)(F)F)C(=O)N1c1ccc(Cl)cc1. The highest BCUT2D eigenvalue weighted by atomic mass is 35.5. The smallest absolute Gasteiger partial charge is 0.268 e. The number of halogens is 4. The molecule has 8 heteroatoms. The molecule has 0 radical (unpaired) electrons. The quantitative estimate of drug-likeness (QED) is 0.633. The van der Waals surface area contributed by atoms with Crippen LogP contribution < -0.4 is 4.90 Å². The van der Waals surface area contributed by atoms with E-state index in [0.29, 0.717) is 22.5 Å². The van der Waals surface area contributed by atoms with E-state index in [1.807, 2.05) is 0 Å². The number of anilines is 1. The molecule has 3 rings (SSSR count). The standard InChI is InChI=1S/C17H9ClF3NO2S/c18-11-5-7-12(8-6-11)22-15(23)14(25-16(22)24)9-10-3-1-2-4-13(10)17(19,20)21/h1-9H/b14-9-. The summed E-state index contributed by atoms with van der Waals surface area (Å²) in [5.74, 6) is -0.672. The maximum absolute atomic E-state index is 13.1. The Morgan fingerprint density at radius 1 is 1.00 bits per heavy atom. The van der Waals surface area contributed by atoms with E-state index >= 15 is 0 Å². The van der Waals surface area contributed by atoms with E-state index in [2.05, 4.69) is 0 Å². The molecule has 1 saturated heterocycles. The number of nitrogens with zero attached hydrogens (tertiary/aromatic N) is 1. The van der Waals surface area contributed by atoms with Crippen LogP contribution in [-0.2, 0) is 11.0 Å².